The number of halogens is 1. The van der Waals surface area contributed by atoms with E-state index in [-0.39, 0.29) is 17.8 Å². The van der Waals surface area contributed by atoms with E-state index in [0.29, 0.717) is 24.3 Å². The summed E-state index contributed by atoms with van der Waals surface area (Å²) in [6, 6.07) is -0.874. The van der Waals surface area contributed by atoms with Gasteiger partial charge in [-0.1, -0.05) is 75.1 Å². The normalized spacial score (nSPS) is 18.2. The van der Waals surface area contributed by atoms with Crippen molar-refractivity contribution in [1.82, 2.24) is 10.6 Å². The number of nitrogens with one attached hydrogen (secondary N) is 2. The molecule has 4 N–H and O–H groups in total. The molecule has 230 valence electrons. The van der Waals surface area contributed by atoms with Crippen molar-refractivity contribution in [2.24, 2.45) is 17.1 Å². The van der Waals surface area contributed by atoms with Crippen molar-refractivity contribution in [1.29, 1.82) is 0 Å². The minimum absolute atomic E-state index is 0.0436. The zero-order chi connectivity index (χ0) is 31.9. The molecule has 0 radical (unpaired) electrons. The van der Waals surface area contributed by atoms with Gasteiger partial charge in [-0.05, 0) is 43.5 Å². The zero-order valence-electron chi connectivity index (χ0n) is 25.3. The lowest BCUT2D eigenvalue weighted by molar-refractivity contribution is -0.151. The Kier molecular flexibility index (Phi) is 15.2. The summed E-state index contributed by atoms with van der Waals surface area (Å²) in [6.45, 7) is 11.0. The van der Waals surface area contributed by atoms with Crippen molar-refractivity contribution >= 4 is 35.5 Å². The summed E-state index contributed by atoms with van der Waals surface area (Å²) in [6.07, 6.45) is 11.2. The number of allylic oxidation sites excluding steroid dienone is 4. The van der Waals surface area contributed by atoms with Crippen LogP contribution in [0, 0.1) is 23.2 Å². The van der Waals surface area contributed by atoms with Gasteiger partial charge in [0.1, 0.15) is 18.2 Å². The molecule has 1 rings (SSSR count). The summed E-state index contributed by atoms with van der Waals surface area (Å²) >= 11 is 5.84. The monoisotopic (exact) mass is 603 g/mol. The molecule has 3 amide bonds. The first-order valence-corrected chi connectivity index (χ1v) is 13.9. The number of nitrogens with two attached hydrogens (primary N) is 1. The largest absolute Gasteiger partial charge is 0.490 e. The fourth-order valence-electron chi connectivity index (χ4n) is 3.83. The molecule has 0 aromatic heterocycles. The molecule has 0 spiro atoms. The fraction of sp³-hybridized carbons (Fsp3) is 0.484. The Labute approximate surface area is 253 Å². The highest BCUT2D eigenvalue weighted by molar-refractivity contribution is 6.29. The molecule has 1 unspecified atom stereocenters. The number of esters is 1. The van der Waals surface area contributed by atoms with Crippen LogP contribution in [0.1, 0.15) is 60.8 Å². The van der Waals surface area contributed by atoms with Crippen molar-refractivity contribution in [3.63, 3.8) is 0 Å². The standard InChI is InChI=1S/C31H42ClN3O7/c1-20(19-21(2)24-16-17-25(40-7)29(38)42-24)11-8-9-13-26(36)35-27(31(4,5)6)28(37)34-18-10-12-23(41-30(33)39)15-14-22(3)32/h8,10-11,14,17-19,21,23-24,27H,12,15-16H2,1-7H3,(H2,33,39)(H,34,37)(H,35,36)/b11-8-,18-10-,20-19+,22-14+/t21-,23+,24-,27?/m0/s1. The number of amides is 3. The lowest BCUT2D eigenvalue weighted by Crippen LogP contribution is -2.52. The summed E-state index contributed by atoms with van der Waals surface area (Å²) in [4.78, 5) is 48.4. The molecule has 42 heavy (non-hydrogen) atoms. The van der Waals surface area contributed by atoms with Crippen LogP contribution < -0.4 is 16.4 Å². The molecule has 0 bridgehead atoms. The van der Waals surface area contributed by atoms with Crippen molar-refractivity contribution in [2.45, 2.75) is 79.1 Å². The van der Waals surface area contributed by atoms with Gasteiger partial charge in [-0.15, -0.1) is 0 Å². The number of carbonyl (C=O) groups excluding carboxylic acids is 4. The van der Waals surface area contributed by atoms with Gasteiger partial charge < -0.3 is 30.6 Å². The molecule has 10 nitrogen and oxygen atoms in total. The maximum Gasteiger partial charge on any atom is 0.404 e. The molecule has 0 aliphatic carbocycles. The van der Waals surface area contributed by atoms with Crippen LogP contribution in [0.15, 0.2) is 59.0 Å². The Bertz CT molecular complexity index is 1190. The Morgan fingerprint density at radius 3 is 2.52 bits per heavy atom. The van der Waals surface area contributed by atoms with Gasteiger partial charge in [0, 0.05) is 30.2 Å². The van der Waals surface area contributed by atoms with Crippen LogP contribution in [0.2, 0.25) is 0 Å². The van der Waals surface area contributed by atoms with Crippen LogP contribution in [0.5, 0.6) is 0 Å². The van der Waals surface area contributed by atoms with Crippen molar-refractivity contribution in [3.05, 3.63) is 59.0 Å². The number of hydrogen-bond donors (Lipinski definition) is 3. The summed E-state index contributed by atoms with van der Waals surface area (Å²) in [7, 11) is 1.43. The van der Waals surface area contributed by atoms with Crippen molar-refractivity contribution < 1.29 is 33.4 Å². The smallest absolute Gasteiger partial charge is 0.404 e. The summed E-state index contributed by atoms with van der Waals surface area (Å²) in [5.41, 5.74) is 5.39. The van der Waals surface area contributed by atoms with Gasteiger partial charge in [0.25, 0.3) is 5.91 Å². The average molecular weight is 604 g/mol. The first-order chi connectivity index (χ1) is 19.6. The average Bonchev–Trinajstić information content (AvgIpc) is 2.89. The molecule has 0 saturated carbocycles. The van der Waals surface area contributed by atoms with Crippen LogP contribution in [0.25, 0.3) is 0 Å². The van der Waals surface area contributed by atoms with E-state index in [1.165, 1.54) is 19.4 Å². The lowest BCUT2D eigenvalue weighted by Gasteiger charge is -2.29. The van der Waals surface area contributed by atoms with Crippen LogP contribution in [-0.4, -0.2) is 49.2 Å². The molecule has 4 atom stereocenters. The number of carbonyl (C=O) groups is 4. The summed E-state index contributed by atoms with van der Waals surface area (Å²) < 4.78 is 15.4. The Morgan fingerprint density at radius 2 is 1.95 bits per heavy atom. The molecular formula is C31H42ClN3O7. The minimum Gasteiger partial charge on any atom is -0.490 e. The number of cyclic esters (lactones) is 1. The number of hydrogen-bond acceptors (Lipinski definition) is 7. The molecule has 1 aliphatic rings. The highest BCUT2D eigenvalue weighted by Crippen LogP contribution is 2.23. The third kappa shape index (κ3) is 14.1. The highest BCUT2D eigenvalue weighted by atomic mass is 35.5. The van der Waals surface area contributed by atoms with E-state index >= 15 is 0 Å². The number of rotatable bonds is 12. The predicted molar refractivity (Wildman–Crippen MR) is 161 cm³/mol. The van der Waals surface area contributed by atoms with E-state index in [1.807, 2.05) is 40.7 Å². The van der Waals surface area contributed by atoms with Gasteiger partial charge in [0.05, 0.1) is 7.11 Å². The molecule has 0 aromatic carbocycles. The van der Waals surface area contributed by atoms with E-state index in [2.05, 4.69) is 22.5 Å². The zero-order valence-corrected chi connectivity index (χ0v) is 26.0. The van der Waals surface area contributed by atoms with Gasteiger partial charge >= 0.3 is 12.1 Å². The minimum atomic E-state index is -0.906. The predicted octanol–water partition coefficient (Wildman–Crippen LogP) is 4.52. The number of ether oxygens (including phenoxy) is 3. The van der Waals surface area contributed by atoms with E-state index in [1.54, 1.807) is 31.2 Å². The highest BCUT2D eigenvalue weighted by Gasteiger charge is 2.32. The van der Waals surface area contributed by atoms with Crippen molar-refractivity contribution in [3.8, 4) is 11.8 Å². The van der Waals surface area contributed by atoms with Crippen LogP contribution in [-0.2, 0) is 28.6 Å². The molecule has 1 heterocycles. The first kappa shape index (κ1) is 36.1. The topological polar surface area (TPSA) is 146 Å². The molecule has 1 aliphatic heterocycles. The maximum atomic E-state index is 12.8. The van der Waals surface area contributed by atoms with Gasteiger partial charge in [-0.2, -0.15) is 0 Å². The van der Waals surface area contributed by atoms with E-state index in [4.69, 9.17) is 31.5 Å². The van der Waals surface area contributed by atoms with Crippen LogP contribution >= 0.6 is 11.6 Å². The van der Waals surface area contributed by atoms with Gasteiger partial charge in [0.2, 0.25) is 5.91 Å². The van der Waals surface area contributed by atoms with E-state index < -0.39 is 41.4 Å². The Morgan fingerprint density at radius 1 is 1.26 bits per heavy atom. The first-order valence-electron chi connectivity index (χ1n) is 13.5. The second-order valence-corrected chi connectivity index (χ2v) is 11.4. The van der Waals surface area contributed by atoms with E-state index in [0.717, 1.165) is 5.57 Å². The number of primary amides is 1. The fourth-order valence-corrected chi connectivity index (χ4v) is 3.92. The van der Waals surface area contributed by atoms with Gasteiger partial charge in [0.15, 0.2) is 5.76 Å². The molecule has 0 aromatic rings. The third-order valence-corrected chi connectivity index (χ3v) is 6.19. The lowest BCUT2D eigenvalue weighted by atomic mass is 9.86. The van der Waals surface area contributed by atoms with E-state index in [9.17, 15) is 19.2 Å². The Hall–Kier alpha value is -3.97. The van der Waals surface area contributed by atoms with Gasteiger partial charge in [-0.25, -0.2) is 9.59 Å². The van der Waals surface area contributed by atoms with Crippen molar-refractivity contribution in [2.75, 3.05) is 7.11 Å². The third-order valence-electron chi connectivity index (χ3n) is 6.03. The van der Waals surface area contributed by atoms with Crippen LogP contribution in [0.3, 0.4) is 0 Å². The second-order valence-electron chi connectivity index (χ2n) is 10.8. The molecular weight excluding hydrogens is 562 g/mol. The number of methoxy groups -OCH3 is 1. The SMILES string of the molecule is COC1=CC[C@@H]([C@@H](C)/C=C(C)/C=C\C#CC(=O)NC(C(=O)N/C=C\C[C@H](C/C=C(\C)Cl)OC(N)=O)C(C)(C)C)OC1=O. The summed E-state index contributed by atoms with van der Waals surface area (Å²) in [5, 5.41) is 5.86. The molecule has 11 heteroatoms. The van der Waals surface area contributed by atoms with Gasteiger partial charge in [-0.3, -0.25) is 9.59 Å². The second kappa shape index (κ2) is 17.8. The summed E-state index contributed by atoms with van der Waals surface area (Å²) in [5.74, 6) is 3.80. The molecule has 0 saturated heterocycles. The van der Waals surface area contributed by atoms with Crippen LogP contribution in [0.4, 0.5) is 4.79 Å². The quantitative estimate of drug-likeness (QED) is 0.169. The Balaban J connectivity index is 2.73. The molecule has 0 fully saturated rings. The maximum absolute atomic E-state index is 12.8.